The lowest BCUT2D eigenvalue weighted by molar-refractivity contribution is 0.165. The highest BCUT2D eigenvalue weighted by molar-refractivity contribution is 7.99. The van der Waals surface area contributed by atoms with Crippen molar-refractivity contribution in [2.45, 2.75) is 22.6 Å². The van der Waals surface area contributed by atoms with Gasteiger partial charge in [-0.05, 0) is 18.1 Å². The number of hydrogen-bond acceptors (Lipinski definition) is 4. The molecule has 114 valence electrons. The summed E-state index contributed by atoms with van der Waals surface area (Å²) in [5, 5.41) is 7.42. The fraction of sp³-hybridized carbons (Fsp3) is 0.462. The van der Waals surface area contributed by atoms with Gasteiger partial charge in [0, 0.05) is 23.7 Å². The first-order valence-electron chi connectivity index (χ1n) is 6.74. The van der Waals surface area contributed by atoms with Gasteiger partial charge < -0.3 is 10.2 Å². The van der Waals surface area contributed by atoms with Crippen molar-refractivity contribution in [3.8, 4) is 0 Å². The van der Waals surface area contributed by atoms with Crippen molar-refractivity contribution in [3.05, 3.63) is 29.8 Å². The van der Waals surface area contributed by atoms with Gasteiger partial charge in [-0.2, -0.15) is 0 Å². The molecule has 3 N–H and O–H groups in total. The first kappa shape index (κ1) is 14.7. The lowest BCUT2D eigenvalue weighted by Gasteiger charge is -2.38. The Balaban J connectivity index is 1.63. The van der Waals surface area contributed by atoms with Crippen molar-refractivity contribution in [2.75, 3.05) is 18.8 Å². The zero-order valence-corrected chi connectivity index (χ0v) is 13.0. The van der Waals surface area contributed by atoms with Crippen LogP contribution >= 0.6 is 11.8 Å². The number of thioether (sulfide) groups is 1. The van der Waals surface area contributed by atoms with E-state index in [0.29, 0.717) is 0 Å². The maximum absolute atomic E-state index is 12.1. The molecule has 1 fully saturated rings. The molecule has 8 heteroatoms. The van der Waals surface area contributed by atoms with E-state index in [9.17, 15) is 13.2 Å². The van der Waals surface area contributed by atoms with Crippen LogP contribution in [0.3, 0.4) is 0 Å². The lowest BCUT2D eigenvalue weighted by atomic mass is 10.0. The van der Waals surface area contributed by atoms with Crippen LogP contribution in [0.15, 0.2) is 29.2 Å². The van der Waals surface area contributed by atoms with E-state index in [1.165, 1.54) is 9.80 Å². The van der Waals surface area contributed by atoms with E-state index in [-0.39, 0.29) is 25.2 Å². The predicted octanol–water partition coefficient (Wildman–Crippen LogP) is 0.906. The number of nitrogens with one attached hydrogen (secondary N) is 1. The number of rotatable bonds is 2. The molecule has 0 spiro atoms. The molecular formula is C13H17N3O3S2. The third kappa shape index (κ3) is 3.02. The van der Waals surface area contributed by atoms with Crippen LogP contribution in [0.4, 0.5) is 4.79 Å². The average Bonchev–Trinajstić information content (AvgIpc) is 2.35. The highest BCUT2D eigenvalue weighted by Crippen LogP contribution is 2.36. The van der Waals surface area contributed by atoms with Crippen molar-refractivity contribution in [1.29, 1.82) is 0 Å². The van der Waals surface area contributed by atoms with E-state index in [1.807, 2.05) is 18.2 Å². The fourth-order valence-corrected chi connectivity index (χ4v) is 4.44. The molecule has 2 aliphatic rings. The van der Waals surface area contributed by atoms with Crippen LogP contribution in [-0.2, 0) is 10.0 Å². The maximum Gasteiger partial charge on any atom is 0.317 e. The number of carbonyl (C=O) groups is 1. The topological polar surface area (TPSA) is 92.5 Å². The molecule has 0 saturated carbocycles. The van der Waals surface area contributed by atoms with Crippen molar-refractivity contribution >= 4 is 27.8 Å². The van der Waals surface area contributed by atoms with Crippen LogP contribution in [0.2, 0.25) is 0 Å². The monoisotopic (exact) mass is 327 g/mol. The number of primary sulfonamides is 1. The lowest BCUT2D eigenvalue weighted by Crippen LogP contribution is -2.61. The van der Waals surface area contributed by atoms with Gasteiger partial charge in [0.05, 0.1) is 6.04 Å². The summed E-state index contributed by atoms with van der Waals surface area (Å²) in [6.07, 6.45) is 0.875. The highest BCUT2D eigenvalue weighted by Gasteiger charge is 2.38. The molecule has 0 radical (unpaired) electrons. The van der Waals surface area contributed by atoms with Gasteiger partial charge in [-0.25, -0.2) is 18.4 Å². The number of amides is 2. The Labute approximate surface area is 128 Å². The van der Waals surface area contributed by atoms with Gasteiger partial charge in [-0.3, -0.25) is 0 Å². The second-order valence-electron chi connectivity index (χ2n) is 5.29. The minimum absolute atomic E-state index is 0.0107. The van der Waals surface area contributed by atoms with Crippen LogP contribution < -0.4 is 10.5 Å². The van der Waals surface area contributed by atoms with E-state index < -0.39 is 15.3 Å². The Bertz CT molecular complexity index is 656. The molecule has 0 aromatic heterocycles. The summed E-state index contributed by atoms with van der Waals surface area (Å²) in [5.74, 6) is 0.960. The molecule has 1 saturated heterocycles. The van der Waals surface area contributed by atoms with E-state index >= 15 is 0 Å². The van der Waals surface area contributed by atoms with Gasteiger partial charge in [-0.15, -0.1) is 11.8 Å². The molecule has 2 aliphatic heterocycles. The van der Waals surface area contributed by atoms with Gasteiger partial charge in [0.15, 0.2) is 0 Å². The molecule has 6 nitrogen and oxygen atoms in total. The van der Waals surface area contributed by atoms with Crippen LogP contribution in [0.1, 0.15) is 18.0 Å². The maximum atomic E-state index is 12.1. The Morgan fingerprint density at radius 1 is 1.33 bits per heavy atom. The number of hydrogen-bond donors (Lipinski definition) is 2. The summed E-state index contributed by atoms with van der Waals surface area (Å²) < 4.78 is 22.3. The molecule has 1 unspecified atom stereocenters. The Hall–Kier alpha value is -1.25. The minimum atomic E-state index is -3.54. The van der Waals surface area contributed by atoms with Gasteiger partial charge in [0.1, 0.15) is 5.25 Å². The van der Waals surface area contributed by atoms with E-state index in [4.69, 9.17) is 5.14 Å². The number of likely N-dealkylation sites (tertiary alicyclic amines) is 1. The first-order chi connectivity index (χ1) is 9.95. The van der Waals surface area contributed by atoms with E-state index in [0.717, 1.165) is 17.7 Å². The summed E-state index contributed by atoms with van der Waals surface area (Å²) in [5.41, 5.74) is 1.13. The normalized spacial score (nSPS) is 22.3. The zero-order chi connectivity index (χ0) is 15.0. The molecule has 1 aromatic rings. The molecule has 0 bridgehead atoms. The molecule has 1 aromatic carbocycles. The van der Waals surface area contributed by atoms with Gasteiger partial charge >= 0.3 is 6.03 Å². The van der Waals surface area contributed by atoms with E-state index in [2.05, 4.69) is 11.4 Å². The first-order valence-corrected chi connectivity index (χ1v) is 9.33. The molecule has 0 aliphatic carbocycles. The summed E-state index contributed by atoms with van der Waals surface area (Å²) >= 11 is 1.79. The van der Waals surface area contributed by atoms with Gasteiger partial charge in [0.2, 0.25) is 10.0 Å². The SMILES string of the molecule is NS(=O)(=O)C1CN(C(=O)NC2CCSc3ccccc32)C1. The number of carbonyl (C=O) groups excluding carboxylic acids is 1. The third-order valence-corrected chi connectivity index (χ3v) is 6.21. The standard InChI is InChI=1S/C13H17N3O3S2/c14-21(18,19)9-7-16(8-9)13(17)15-11-5-6-20-12-4-2-1-3-10(11)12/h1-4,9,11H,5-8H2,(H,15,17)(H2,14,18,19). The van der Waals surface area contributed by atoms with Crippen molar-refractivity contribution in [2.24, 2.45) is 5.14 Å². The highest BCUT2D eigenvalue weighted by atomic mass is 32.2. The molecule has 3 rings (SSSR count). The molecule has 1 atom stereocenters. The molecular weight excluding hydrogens is 310 g/mol. The fourth-order valence-electron chi connectivity index (χ4n) is 2.54. The number of fused-ring (bicyclic) bond motifs is 1. The summed E-state index contributed by atoms with van der Waals surface area (Å²) in [7, 11) is -3.54. The number of nitrogens with zero attached hydrogens (tertiary/aromatic N) is 1. The summed E-state index contributed by atoms with van der Waals surface area (Å²) in [6, 6.07) is 7.80. The largest absolute Gasteiger partial charge is 0.331 e. The van der Waals surface area contributed by atoms with Crippen molar-refractivity contribution in [3.63, 3.8) is 0 Å². The minimum Gasteiger partial charge on any atom is -0.331 e. The molecule has 2 amide bonds. The van der Waals surface area contributed by atoms with Crippen LogP contribution in [-0.4, -0.2) is 43.4 Å². The molecule has 21 heavy (non-hydrogen) atoms. The number of benzene rings is 1. The van der Waals surface area contributed by atoms with Crippen molar-refractivity contribution in [1.82, 2.24) is 10.2 Å². The van der Waals surface area contributed by atoms with Crippen LogP contribution in [0.25, 0.3) is 0 Å². The zero-order valence-electron chi connectivity index (χ0n) is 11.4. The summed E-state index contributed by atoms with van der Waals surface area (Å²) in [6.45, 7) is 0.349. The Morgan fingerprint density at radius 2 is 2.05 bits per heavy atom. The molecule has 2 heterocycles. The third-order valence-electron chi connectivity index (χ3n) is 3.86. The van der Waals surface area contributed by atoms with Gasteiger partial charge in [-0.1, -0.05) is 18.2 Å². The van der Waals surface area contributed by atoms with E-state index in [1.54, 1.807) is 11.8 Å². The van der Waals surface area contributed by atoms with Crippen LogP contribution in [0, 0.1) is 0 Å². The Morgan fingerprint density at radius 3 is 2.76 bits per heavy atom. The Kier molecular flexibility index (Phi) is 3.85. The number of sulfonamides is 1. The average molecular weight is 327 g/mol. The predicted molar refractivity (Wildman–Crippen MR) is 81.5 cm³/mol. The second kappa shape index (κ2) is 5.51. The summed E-state index contributed by atoms with van der Waals surface area (Å²) in [4.78, 5) is 14.8. The second-order valence-corrected chi connectivity index (χ2v) is 8.27. The van der Waals surface area contributed by atoms with Gasteiger partial charge in [0.25, 0.3) is 0 Å². The number of urea groups is 1. The van der Waals surface area contributed by atoms with Crippen molar-refractivity contribution < 1.29 is 13.2 Å². The number of nitrogens with two attached hydrogens (primary N) is 1. The quantitative estimate of drug-likeness (QED) is 0.844. The van der Waals surface area contributed by atoms with Crippen LogP contribution in [0.5, 0.6) is 0 Å². The smallest absolute Gasteiger partial charge is 0.317 e.